The number of aromatic amines is 1. The van der Waals surface area contributed by atoms with Gasteiger partial charge in [0.15, 0.2) is 12.1 Å². The number of H-pyrrole nitrogens is 1. The third-order valence-electron chi connectivity index (χ3n) is 5.76. The zero-order chi connectivity index (χ0) is 19.5. The van der Waals surface area contributed by atoms with Gasteiger partial charge in [0, 0.05) is 23.0 Å². The monoisotopic (exact) mass is 443 g/mol. The second-order valence-electron chi connectivity index (χ2n) is 8.91. The van der Waals surface area contributed by atoms with Gasteiger partial charge in [0.1, 0.15) is 5.69 Å². The van der Waals surface area contributed by atoms with Crippen molar-refractivity contribution in [2.24, 2.45) is 5.41 Å². The summed E-state index contributed by atoms with van der Waals surface area (Å²) in [6.45, 7) is 8.35. The van der Waals surface area contributed by atoms with Gasteiger partial charge in [-0.25, -0.2) is 9.67 Å². The molecule has 0 spiro atoms. The Labute approximate surface area is 173 Å². The molecule has 0 bridgehead atoms. The molecule has 0 radical (unpaired) electrons. The van der Waals surface area contributed by atoms with Crippen molar-refractivity contribution in [2.45, 2.75) is 58.8 Å². The smallest absolute Gasteiger partial charge is 0.159 e. The Bertz CT molecular complexity index is 1030. The fourth-order valence-corrected chi connectivity index (χ4v) is 4.70. The molecule has 4 heterocycles. The number of hydrogen-bond acceptors (Lipinski definition) is 4. The minimum absolute atomic E-state index is 0.00917. The molecule has 148 valence electrons. The Morgan fingerprint density at radius 2 is 2.11 bits per heavy atom. The molecule has 28 heavy (non-hydrogen) atoms. The van der Waals surface area contributed by atoms with E-state index >= 15 is 0 Å². The van der Waals surface area contributed by atoms with Crippen LogP contribution in [0.4, 0.5) is 0 Å². The Kier molecular flexibility index (Phi) is 4.37. The van der Waals surface area contributed by atoms with Crippen LogP contribution in [-0.2, 0) is 11.3 Å². The van der Waals surface area contributed by atoms with Crippen molar-refractivity contribution in [2.75, 3.05) is 6.61 Å². The summed E-state index contributed by atoms with van der Waals surface area (Å²) in [7, 11) is 0. The van der Waals surface area contributed by atoms with Crippen LogP contribution in [0.15, 0.2) is 22.7 Å². The van der Waals surface area contributed by atoms with Gasteiger partial charge in [0.2, 0.25) is 0 Å². The lowest BCUT2D eigenvalue weighted by Gasteiger charge is -2.26. The first-order valence-corrected chi connectivity index (χ1v) is 10.8. The minimum atomic E-state index is -0.00917. The maximum absolute atomic E-state index is 6.03. The van der Waals surface area contributed by atoms with Crippen molar-refractivity contribution >= 4 is 26.8 Å². The highest BCUT2D eigenvalue weighted by molar-refractivity contribution is 9.10. The molecule has 7 heteroatoms. The molecule has 2 unspecified atom stereocenters. The molecule has 5 rings (SSSR count). The second kappa shape index (κ2) is 6.68. The molecule has 2 aromatic heterocycles. The topological polar surface area (TPSA) is 67.8 Å². The Morgan fingerprint density at radius 1 is 1.25 bits per heavy atom. The average molecular weight is 444 g/mol. The van der Waals surface area contributed by atoms with E-state index in [1.54, 1.807) is 0 Å². The summed E-state index contributed by atoms with van der Waals surface area (Å²) >= 11 is 3.61. The summed E-state index contributed by atoms with van der Waals surface area (Å²) in [5, 5.41) is 9.66. The van der Waals surface area contributed by atoms with E-state index < -0.39 is 0 Å². The molecule has 1 aromatic carbocycles. The minimum Gasteiger partial charge on any atom is -0.356 e. The van der Waals surface area contributed by atoms with Gasteiger partial charge >= 0.3 is 0 Å². The molecule has 6 nitrogen and oxygen atoms in total. The van der Waals surface area contributed by atoms with Gasteiger partial charge in [-0.05, 0) is 42.9 Å². The van der Waals surface area contributed by atoms with Gasteiger partial charge in [0.05, 0.1) is 22.9 Å². The number of benzene rings is 1. The molecule has 0 saturated carbocycles. The summed E-state index contributed by atoms with van der Waals surface area (Å²) in [5.41, 5.74) is 4.39. The predicted octanol–water partition coefficient (Wildman–Crippen LogP) is 5.08. The molecule has 2 aliphatic rings. The third kappa shape index (κ3) is 3.00. The van der Waals surface area contributed by atoms with E-state index in [1.807, 2.05) is 4.68 Å². The Hall–Kier alpha value is -1.70. The first kappa shape index (κ1) is 18.3. The third-order valence-corrected chi connectivity index (χ3v) is 6.25. The molecule has 3 aromatic rings. The van der Waals surface area contributed by atoms with Gasteiger partial charge in [-0.2, -0.15) is 5.10 Å². The van der Waals surface area contributed by atoms with Crippen molar-refractivity contribution in [3.8, 4) is 11.5 Å². The van der Waals surface area contributed by atoms with Gasteiger partial charge in [0.25, 0.3) is 0 Å². The molecular formula is C21H26BrN5O. The van der Waals surface area contributed by atoms with Gasteiger partial charge in [-0.15, -0.1) is 0 Å². The average Bonchev–Trinajstić information content (AvgIpc) is 3.32. The highest BCUT2D eigenvalue weighted by Gasteiger charge is 2.35. The number of aromatic nitrogens is 4. The predicted molar refractivity (Wildman–Crippen MR) is 113 cm³/mol. The van der Waals surface area contributed by atoms with Gasteiger partial charge < -0.3 is 15.0 Å². The van der Waals surface area contributed by atoms with E-state index in [2.05, 4.69) is 65.2 Å². The normalized spacial score (nSPS) is 22.7. The first-order chi connectivity index (χ1) is 13.4. The van der Waals surface area contributed by atoms with Crippen molar-refractivity contribution in [1.29, 1.82) is 0 Å². The number of nitrogens with zero attached hydrogens (tertiary/aromatic N) is 3. The van der Waals surface area contributed by atoms with Gasteiger partial charge in [-0.3, -0.25) is 0 Å². The van der Waals surface area contributed by atoms with Crippen LogP contribution in [0, 0.1) is 5.41 Å². The number of halogens is 1. The van der Waals surface area contributed by atoms with E-state index in [0.29, 0.717) is 0 Å². The maximum Gasteiger partial charge on any atom is 0.159 e. The lowest BCUT2D eigenvalue weighted by atomic mass is 9.86. The van der Waals surface area contributed by atoms with Crippen LogP contribution in [0.25, 0.3) is 22.4 Å². The quantitative estimate of drug-likeness (QED) is 0.579. The maximum atomic E-state index is 6.03. The molecule has 2 aliphatic heterocycles. The number of imidazole rings is 1. The number of fused-ring (bicyclic) bond motifs is 2. The van der Waals surface area contributed by atoms with Crippen LogP contribution < -0.4 is 5.32 Å². The van der Waals surface area contributed by atoms with Crippen molar-refractivity contribution in [1.82, 2.24) is 25.1 Å². The zero-order valence-corrected chi connectivity index (χ0v) is 18.1. The number of ether oxygens (including phenoxy) is 1. The first-order valence-electron chi connectivity index (χ1n) is 10.0. The van der Waals surface area contributed by atoms with Crippen LogP contribution in [-0.4, -0.2) is 26.4 Å². The van der Waals surface area contributed by atoms with E-state index in [4.69, 9.17) is 14.8 Å². The molecular weight excluding hydrogens is 418 g/mol. The fourth-order valence-electron chi connectivity index (χ4n) is 4.35. The molecule has 2 N–H and O–H groups in total. The largest absolute Gasteiger partial charge is 0.356 e. The van der Waals surface area contributed by atoms with Crippen LogP contribution in [0.3, 0.4) is 0 Å². The SMILES string of the molecule is CC(C)(C)C1NCc2[nH]c(-c3nn(C4CCCCO4)c4cc(Br)ccc34)nc21. The zero-order valence-electron chi connectivity index (χ0n) is 16.6. The van der Waals surface area contributed by atoms with E-state index in [-0.39, 0.29) is 17.7 Å². The number of rotatable bonds is 2. The van der Waals surface area contributed by atoms with Gasteiger partial charge in [-0.1, -0.05) is 36.7 Å². The molecule has 0 aliphatic carbocycles. The van der Waals surface area contributed by atoms with Crippen molar-refractivity contribution in [3.63, 3.8) is 0 Å². The molecule has 2 atom stereocenters. The summed E-state index contributed by atoms with van der Waals surface area (Å²) in [6.07, 6.45) is 3.28. The summed E-state index contributed by atoms with van der Waals surface area (Å²) in [5.74, 6) is 0.850. The van der Waals surface area contributed by atoms with Crippen LogP contribution in [0.2, 0.25) is 0 Å². The highest BCUT2D eigenvalue weighted by atomic mass is 79.9. The Balaban J connectivity index is 1.62. The molecule has 1 fully saturated rings. The van der Waals surface area contributed by atoms with Crippen molar-refractivity contribution < 1.29 is 4.74 Å². The van der Waals surface area contributed by atoms with E-state index in [0.717, 1.165) is 58.6 Å². The molecule has 0 amide bonds. The lowest BCUT2D eigenvalue weighted by Crippen LogP contribution is -2.27. The fraction of sp³-hybridized carbons (Fsp3) is 0.524. The second-order valence-corrected chi connectivity index (χ2v) is 9.82. The Morgan fingerprint density at radius 3 is 2.86 bits per heavy atom. The lowest BCUT2D eigenvalue weighted by molar-refractivity contribution is -0.0365. The van der Waals surface area contributed by atoms with Crippen molar-refractivity contribution in [3.05, 3.63) is 34.1 Å². The van der Waals surface area contributed by atoms with Crippen LogP contribution >= 0.6 is 15.9 Å². The highest BCUT2D eigenvalue weighted by Crippen LogP contribution is 2.40. The summed E-state index contributed by atoms with van der Waals surface area (Å²) in [6, 6.07) is 6.56. The summed E-state index contributed by atoms with van der Waals surface area (Å²) in [4.78, 5) is 8.53. The molecule has 1 saturated heterocycles. The standard InChI is InChI=1S/C21H26BrN5O/c1-21(2,3)19-18-14(11-23-19)24-20(25-18)17-13-8-7-12(22)10-15(13)27(26-17)16-6-4-5-9-28-16/h7-8,10,16,19,23H,4-6,9,11H2,1-3H3,(H,24,25). The summed E-state index contributed by atoms with van der Waals surface area (Å²) < 4.78 is 9.12. The van der Waals surface area contributed by atoms with E-state index in [9.17, 15) is 0 Å². The number of nitrogens with one attached hydrogen (secondary N) is 2. The number of hydrogen-bond donors (Lipinski definition) is 2. The van der Waals surface area contributed by atoms with Crippen LogP contribution in [0.5, 0.6) is 0 Å². The van der Waals surface area contributed by atoms with Crippen LogP contribution in [0.1, 0.15) is 63.7 Å². The van der Waals surface area contributed by atoms with E-state index in [1.165, 1.54) is 12.1 Å².